The molecule has 0 atom stereocenters. The molecule has 1 saturated carbocycles. The van der Waals surface area contributed by atoms with Gasteiger partial charge in [0.2, 0.25) is 0 Å². The Balaban J connectivity index is 2.34. The van der Waals surface area contributed by atoms with Gasteiger partial charge in [-0.3, -0.25) is 0 Å². The monoisotopic (exact) mass is 182 g/mol. The van der Waals surface area contributed by atoms with Crippen molar-refractivity contribution < 1.29 is 0 Å². The van der Waals surface area contributed by atoms with Gasteiger partial charge in [-0.1, -0.05) is 17.7 Å². The molecule has 2 N–H and O–H groups in total. The molecule has 2 rings (SSSR count). The van der Waals surface area contributed by atoms with Crippen molar-refractivity contribution in [2.75, 3.05) is 6.54 Å². The van der Waals surface area contributed by atoms with Crippen LogP contribution in [-0.4, -0.2) is 11.5 Å². The fraction of sp³-hybridized carbons (Fsp3) is 0.444. The summed E-state index contributed by atoms with van der Waals surface area (Å²) in [5.41, 5.74) is 6.88. The molecule has 0 bridgehead atoms. The molecule has 1 fully saturated rings. The summed E-state index contributed by atoms with van der Waals surface area (Å²) in [5, 5.41) is 0.562. The average Bonchev–Trinajstić information content (AvgIpc) is 2.84. The van der Waals surface area contributed by atoms with E-state index in [0.717, 1.165) is 18.5 Å². The van der Waals surface area contributed by atoms with Gasteiger partial charge >= 0.3 is 0 Å². The molecule has 1 aromatic heterocycles. The topological polar surface area (TPSA) is 38.9 Å². The number of halogens is 1. The molecule has 0 unspecified atom stereocenters. The normalized spacial score (nSPS) is 19.2. The number of aromatic nitrogens is 1. The van der Waals surface area contributed by atoms with Crippen LogP contribution in [0.5, 0.6) is 0 Å². The lowest BCUT2D eigenvalue weighted by Gasteiger charge is -2.10. The molecule has 1 aliphatic rings. The molecule has 0 spiro atoms. The summed E-state index contributed by atoms with van der Waals surface area (Å²) in [6, 6.07) is 5.73. The van der Waals surface area contributed by atoms with Crippen LogP contribution in [0.2, 0.25) is 5.15 Å². The van der Waals surface area contributed by atoms with Crippen molar-refractivity contribution in [1.29, 1.82) is 0 Å². The van der Waals surface area contributed by atoms with Crippen LogP contribution < -0.4 is 5.73 Å². The van der Waals surface area contributed by atoms with E-state index in [-0.39, 0.29) is 5.41 Å². The van der Waals surface area contributed by atoms with Crippen molar-refractivity contribution in [3.8, 4) is 0 Å². The maximum Gasteiger partial charge on any atom is 0.129 e. The summed E-state index contributed by atoms with van der Waals surface area (Å²) in [4.78, 5) is 4.26. The van der Waals surface area contributed by atoms with Gasteiger partial charge in [0, 0.05) is 17.7 Å². The molecule has 1 aromatic rings. The lowest BCUT2D eigenvalue weighted by atomic mass is 10.0. The first-order valence-electron chi connectivity index (χ1n) is 4.10. The quantitative estimate of drug-likeness (QED) is 0.708. The van der Waals surface area contributed by atoms with E-state index in [9.17, 15) is 0 Å². The van der Waals surface area contributed by atoms with Crippen molar-refractivity contribution in [3.63, 3.8) is 0 Å². The molecular formula is C9H11ClN2. The summed E-state index contributed by atoms with van der Waals surface area (Å²) in [5.74, 6) is 0. The van der Waals surface area contributed by atoms with Crippen LogP contribution in [0.1, 0.15) is 18.5 Å². The summed E-state index contributed by atoms with van der Waals surface area (Å²) in [7, 11) is 0. The fourth-order valence-electron chi connectivity index (χ4n) is 1.42. The molecule has 1 heterocycles. The van der Waals surface area contributed by atoms with Gasteiger partial charge < -0.3 is 5.73 Å². The predicted molar refractivity (Wildman–Crippen MR) is 49.2 cm³/mol. The van der Waals surface area contributed by atoms with E-state index in [1.165, 1.54) is 0 Å². The second-order valence-corrected chi connectivity index (χ2v) is 3.72. The molecule has 0 aliphatic heterocycles. The molecule has 64 valence electrons. The highest BCUT2D eigenvalue weighted by Gasteiger charge is 2.44. The summed E-state index contributed by atoms with van der Waals surface area (Å²) in [6.45, 7) is 0.681. The number of nitrogens with zero attached hydrogens (tertiary/aromatic N) is 1. The first-order valence-corrected chi connectivity index (χ1v) is 4.48. The van der Waals surface area contributed by atoms with Gasteiger partial charge in [0.25, 0.3) is 0 Å². The van der Waals surface area contributed by atoms with E-state index in [2.05, 4.69) is 4.98 Å². The van der Waals surface area contributed by atoms with E-state index in [1.807, 2.05) is 12.1 Å². The van der Waals surface area contributed by atoms with Gasteiger partial charge in [-0.25, -0.2) is 4.98 Å². The average molecular weight is 183 g/mol. The zero-order valence-electron chi connectivity index (χ0n) is 6.76. The number of hydrogen-bond acceptors (Lipinski definition) is 2. The Hall–Kier alpha value is -0.600. The van der Waals surface area contributed by atoms with Crippen LogP contribution in [0, 0.1) is 0 Å². The van der Waals surface area contributed by atoms with Crippen LogP contribution in [0.3, 0.4) is 0 Å². The number of nitrogens with two attached hydrogens (primary N) is 1. The Labute approximate surface area is 76.7 Å². The maximum absolute atomic E-state index is 5.78. The van der Waals surface area contributed by atoms with Crippen molar-refractivity contribution >= 4 is 11.6 Å². The molecule has 12 heavy (non-hydrogen) atoms. The van der Waals surface area contributed by atoms with Gasteiger partial charge in [-0.15, -0.1) is 0 Å². The van der Waals surface area contributed by atoms with Crippen LogP contribution in [-0.2, 0) is 5.41 Å². The highest BCUT2D eigenvalue weighted by atomic mass is 35.5. The summed E-state index contributed by atoms with van der Waals surface area (Å²) < 4.78 is 0. The standard InChI is InChI=1S/C9H11ClN2/c10-8-3-1-2-7(12-8)9(6-11)4-5-9/h1-3H,4-6,11H2. The van der Waals surface area contributed by atoms with Gasteiger partial charge in [0.05, 0.1) is 0 Å². The van der Waals surface area contributed by atoms with Gasteiger partial charge in [-0.05, 0) is 25.0 Å². The SMILES string of the molecule is NCC1(c2cccc(Cl)n2)CC1. The minimum Gasteiger partial charge on any atom is -0.330 e. The molecule has 3 heteroatoms. The second kappa shape index (κ2) is 2.71. The lowest BCUT2D eigenvalue weighted by molar-refractivity contribution is 0.679. The van der Waals surface area contributed by atoms with E-state index in [1.54, 1.807) is 6.07 Å². The summed E-state index contributed by atoms with van der Waals surface area (Å²) >= 11 is 5.78. The van der Waals surface area contributed by atoms with Crippen LogP contribution in [0.15, 0.2) is 18.2 Å². The van der Waals surface area contributed by atoms with Crippen molar-refractivity contribution in [3.05, 3.63) is 29.0 Å². The third kappa shape index (κ3) is 1.21. The first kappa shape index (κ1) is 8.02. The highest BCUT2D eigenvalue weighted by molar-refractivity contribution is 6.29. The zero-order valence-corrected chi connectivity index (χ0v) is 7.51. The van der Waals surface area contributed by atoms with Gasteiger partial charge in [0.15, 0.2) is 0 Å². The number of pyridine rings is 1. The van der Waals surface area contributed by atoms with Crippen molar-refractivity contribution in [1.82, 2.24) is 4.98 Å². The third-order valence-corrected chi connectivity index (χ3v) is 2.71. The van der Waals surface area contributed by atoms with Crippen LogP contribution in [0.25, 0.3) is 0 Å². The molecule has 0 amide bonds. The highest BCUT2D eigenvalue weighted by Crippen LogP contribution is 2.46. The molecule has 0 saturated heterocycles. The summed E-state index contributed by atoms with van der Waals surface area (Å²) in [6.07, 6.45) is 2.30. The van der Waals surface area contributed by atoms with E-state index in [0.29, 0.717) is 11.7 Å². The minimum absolute atomic E-state index is 0.158. The third-order valence-electron chi connectivity index (χ3n) is 2.50. The largest absolute Gasteiger partial charge is 0.330 e. The van der Waals surface area contributed by atoms with Crippen LogP contribution in [0.4, 0.5) is 0 Å². The Morgan fingerprint density at radius 2 is 2.25 bits per heavy atom. The Kier molecular flexibility index (Phi) is 1.81. The van der Waals surface area contributed by atoms with Gasteiger partial charge in [-0.2, -0.15) is 0 Å². The molecule has 0 radical (unpaired) electrons. The smallest absolute Gasteiger partial charge is 0.129 e. The van der Waals surface area contributed by atoms with E-state index in [4.69, 9.17) is 17.3 Å². The molecule has 2 nitrogen and oxygen atoms in total. The van der Waals surface area contributed by atoms with Gasteiger partial charge in [0.1, 0.15) is 5.15 Å². The van der Waals surface area contributed by atoms with Crippen molar-refractivity contribution in [2.24, 2.45) is 5.73 Å². The molecule has 0 aromatic carbocycles. The number of rotatable bonds is 2. The lowest BCUT2D eigenvalue weighted by Crippen LogP contribution is -2.20. The molecular weight excluding hydrogens is 172 g/mol. The fourth-order valence-corrected chi connectivity index (χ4v) is 1.58. The Morgan fingerprint density at radius 3 is 2.75 bits per heavy atom. The molecule has 1 aliphatic carbocycles. The predicted octanol–water partition coefficient (Wildman–Crippen LogP) is 1.73. The van der Waals surface area contributed by atoms with E-state index >= 15 is 0 Å². The number of hydrogen-bond donors (Lipinski definition) is 1. The minimum atomic E-state index is 0.158. The maximum atomic E-state index is 5.78. The first-order chi connectivity index (χ1) is 5.77. The zero-order chi connectivity index (χ0) is 8.60. The van der Waals surface area contributed by atoms with E-state index < -0.39 is 0 Å². The second-order valence-electron chi connectivity index (χ2n) is 3.33. The Bertz CT molecular complexity index is 294. The Morgan fingerprint density at radius 1 is 1.50 bits per heavy atom. The van der Waals surface area contributed by atoms with Crippen LogP contribution >= 0.6 is 11.6 Å². The van der Waals surface area contributed by atoms with Crippen molar-refractivity contribution in [2.45, 2.75) is 18.3 Å².